The highest BCUT2D eigenvalue weighted by atomic mass is 16.2. The summed E-state index contributed by atoms with van der Waals surface area (Å²) in [6.45, 7) is 5.33. The van der Waals surface area contributed by atoms with Gasteiger partial charge < -0.3 is 10.6 Å². The predicted molar refractivity (Wildman–Crippen MR) is 109 cm³/mol. The standard InChI is InChI=1S/C22H30N4O3/c1-2-8-22(23)9-11-25(12-10-22)13-15-4-3-5-16-17(15)14-26(21(16)29)18-6-7-19(27)24-20(18)28/h3-5,18H,2,6-14,23H2,1H3,(H,24,27,28). The van der Waals surface area contributed by atoms with E-state index in [2.05, 4.69) is 23.2 Å². The molecule has 0 aromatic heterocycles. The van der Waals surface area contributed by atoms with Crippen molar-refractivity contribution in [1.29, 1.82) is 0 Å². The van der Waals surface area contributed by atoms with E-state index in [1.165, 1.54) is 0 Å². The van der Waals surface area contributed by atoms with E-state index in [1.54, 1.807) is 4.90 Å². The van der Waals surface area contributed by atoms with Gasteiger partial charge in [0.2, 0.25) is 11.8 Å². The van der Waals surface area contributed by atoms with E-state index in [-0.39, 0.29) is 29.7 Å². The van der Waals surface area contributed by atoms with Crippen LogP contribution in [0.3, 0.4) is 0 Å². The zero-order valence-electron chi connectivity index (χ0n) is 17.1. The molecular formula is C22H30N4O3. The van der Waals surface area contributed by atoms with Crippen molar-refractivity contribution in [1.82, 2.24) is 15.1 Å². The lowest BCUT2D eigenvalue weighted by molar-refractivity contribution is -0.136. The third-order valence-electron chi connectivity index (χ3n) is 6.67. The molecule has 3 heterocycles. The number of piperidine rings is 2. The van der Waals surface area contributed by atoms with E-state index >= 15 is 0 Å². The molecule has 29 heavy (non-hydrogen) atoms. The summed E-state index contributed by atoms with van der Waals surface area (Å²) in [4.78, 5) is 40.7. The molecule has 7 heteroatoms. The summed E-state index contributed by atoms with van der Waals surface area (Å²) < 4.78 is 0. The number of likely N-dealkylation sites (tertiary alicyclic amines) is 1. The number of amides is 3. The number of carbonyl (C=O) groups excluding carboxylic acids is 3. The molecule has 2 fully saturated rings. The molecule has 7 nitrogen and oxygen atoms in total. The molecule has 1 aromatic rings. The molecular weight excluding hydrogens is 368 g/mol. The number of hydrogen-bond donors (Lipinski definition) is 2. The summed E-state index contributed by atoms with van der Waals surface area (Å²) >= 11 is 0. The molecule has 1 unspecified atom stereocenters. The zero-order chi connectivity index (χ0) is 20.6. The largest absolute Gasteiger partial charge is 0.325 e. The quantitative estimate of drug-likeness (QED) is 0.734. The summed E-state index contributed by atoms with van der Waals surface area (Å²) in [6, 6.07) is 5.28. The molecule has 156 valence electrons. The first-order chi connectivity index (χ1) is 13.9. The van der Waals surface area contributed by atoms with Gasteiger partial charge in [-0.3, -0.25) is 24.6 Å². The first kappa shape index (κ1) is 20.0. The average Bonchev–Trinajstić information content (AvgIpc) is 3.02. The van der Waals surface area contributed by atoms with E-state index in [9.17, 15) is 14.4 Å². The number of carbonyl (C=O) groups is 3. The van der Waals surface area contributed by atoms with Gasteiger partial charge in [0.05, 0.1) is 0 Å². The second-order valence-electron chi connectivity index (χ2n) is 8.73. The number of fused-ring (bicyclic) bond motifs is 1. The molecule has 3 aliphatic rings. The number of nitrogens with two attached hydrogens (primary N) is 1. The van der Waals surface area contributed by atoms with Crippen molar-refractivity contribution in [2.24, 2.45) is 5.73 Å². The van der Waals surface area contributed by atoms with Gasteiger partial charge in [-0.2, -0.15) is 0 Å². The van der Waals surface area contributed by atoms with E-state index in [0.717, 1.165) is 56.4 Å². The first-order valence-corrected chi connectivity index (χ1v) is 10.7. The number of rotatable bonds is 5. The molecule has 4 rings (SSSR count). The molecule has 1 aromatic carbocycles. The van der Waals surface area contributed by atoms with Crippen LogP contribution in [0.4, 0.5) is 0 Å². The van der Waals surface area contributed by atoms with Crippen LogP contribution in [0.2, 0.25) is 0 Å². The fourth-order valence-electron chi connectivity index (χ4n) is 4.94. The highest BCUT2D eigenvalue weighted by molar-refractivity contribution is 6.05. The van der Waals surface area contributed by atoms with E-state index < -0.39 is 6.04 Å². The monoisotopic (exact) mass is 398 g/mol. The molecule has 0 bridgehead atoms. The summed E-state index contributed by atoms with van der Waals surface area (Å²) in [7, 11) is 0. The van der Waals surface area contributed by atoms with Gasteiger partial charge in [-0.15, -0.1) is 0 Å². The van der Waals surface area contributed by atoms with Crippen molar-refractivity contribution >= 4 is 17.7 Å². The van der Waals surface area contributed by atoms with Gasteiger partial charge in [0.15, 0.2) is 0 Å². The Labute approximate surface area is 171 Å². The van der Waals surface area contributed by atoms with Crippen LogP contribution >= 0.6 is 0 Å². The van der Waals surface area contributed by atoms with Crippen LogP contribution in [-0.4, -0.2) is 52.2 Å². The third-order valence-corrected chi connectivity index (χ3v) is 6.67. The lowest BCUT2D eigenvalue weighted by Gasteiger charge is -2.39. The van der Waals surface area contributed by atoms with Gasteiger partial charge in [0.25, 0.3) is 5.91 Å². The SMILES string of the molecule is CCCC1(N)CCN(Cc2cccc3c2CN(C2CCC(=O)NC2=O)C3=O)CC1. The number of nitrogens with one attached hydrogen (secondary N) is 1. The summed E-state index contributed by atoms with van der Waals surface area (Å²) in [5.41, 5.74) is 9.32. The lowest BCUT2D eigenvalue weighted by Crippen LogP contribution is -2.52. The van der Waals surface area contributed by atoms with Crippen molar-refractivity contribution in [2.45, 2.75) is 70.1 Å². The fraction of sp³-hybridized carbons (Fsp3) is 0.591. The minimum atomic E-state index is -0.567. The molecule has 2 saturated heterocycles. The Bertz CT molecular complexity index is 829. The van der Waals surface area contributed by atoms with Crippen molar-refractivity contribution in [3.05, 3.63) is 34.9 Å². The van der Waals surface area contributed by atoms with Crippen LogP contribution in [-0.2, 0) is 22.7 Å². The second-order valence-corrected chi connectivity index (χ2v) is 8.73. The van der Waals surface area contributed by atoms with E-state index in [4.69, 9.17) is 5.73 Å². The van der Waals surface area contributed by atoms with Crippen molar-refractivity contribution in [3.63, 3.8) is 0 Å². The van der Waals surface area contributed by atoms with Crippen molar-refractivity contribution in [3.8, 4) is 0 Å². The Morgan fingerprint density at radius 2 is 1.97 bits per heavy atom. The highest BCUT2D eigenvalue weighted by Gasteiger charge is 2.40. The van der Waals surface area contributed by atoms with Crippen LogP contribution < -0.4 is 11.1 Å². The fourth-order valence-corrected chi connectivity index (χ4v) is 4.94. The number of benzene rings is 1. The van der Waals surface area contributed by atoms with Crippen molar-refractivity contribution < 1.29 is 14.4 Å². The third kappa shape index (κ3) is 3.94. The molecule has 0 aliphatic carbocycles. The summed E-state index contributed by atoms with van der Waals surface area (Å²) in [5.74, 6) is -0.741. The minimum absolute atomic E-state index is 0.0393. The lowest BCUT2D eigenvalue weighted by atomic mass is 9.84. The normalized spacial score (nSPS) is 24.6. The highest BCUT2D eigenvalue weighted by Crippen LogP contribution is 2.31. The number of imide groups is 1. The Kier molecular flexibility index (Phi) is 5.44. The van der Waals surface area contributed by atoms with Crippen molar-refractivity contribution in [2.75, 3.05) is 13.1 Å². The maximum atomic E-state index is 13.0. The van der Waals surface area contributed by atoms with E-state index in [0.29, 0.717) is 18.5 Å². The molecule has 0 spiro atoms. The zero-order valence-corrected chi connectivity index (χ0v) is 17.1. The van der Waals surface area contributed by atoms with Crippen LogP contribution in [0.5, 0.6) is 0 Å². The predicted octanol–water partition coefficient (Wildman–Crippen LogP) is 1.54. The molecule has 1 atom stereocenters. The Morgan fingerprint density at radius 1 is 1.21 bits per heavy atom. The number of nitrogens with zero attached hydrogens (tertiary/aromatic N) is 2. The maximum Gasteiger partial charge on any atom is 0.255 e. The van der Waals surface area contributed by atoms with Gasteiger partial charge in [0, 0.05) is 43.7 Å². The Balaban J connectivity index is 1.46. The molecule has 0 saturated carbocycles. The average molecular weight is 399 g/mol. The van der Waals surface area contributed by atoms with Crippen LogP contribution in [0.25, 0.3) is 0 Å². The first-order valence-electron chi connectivity index (χ1n) is 10.7. The maximum absolute atomic E-state index is 13.0. The van der Waals surface area contributed by atoms with Crippen LogP contribution in [0.1, 0.15) is 66.9 Å². The van der Waals surface area contributed by atoms with Gasteiger partial charge in [-0.1, -0.05) is 25.5 Å². The Hall–Kier alpha value is -2.25. The van der Waals surface area contributed by atoms with E-state index in [1.807, 2.05) is 12.1 Å². The van der Waals surface area contributed by atoms with Crippen LogP contribution in [0.15, 0.2) is 18.2 Å². The smallest absolute Gasteiger partial charge is 0.255 e. The van der Waals surface area contributed by atoms with Gasteiger partial charge >= 0.3 is 0 Å². The minimum Gasteiger partial charge on any atom is -0.325 e. The topological polar surface area (TPSA) is 95.7 Å². The number of hydrogen-bond acceptors (Lipinski definition) is 5. The molecule has 0 radical (unpaired) electrons. The van der Waals surface area contributed by atoms with Gasteiger partial charge in [0.1, 0.15) is 6.04 Å². The molecule has 3 amide bonds. The Morgan fingerprint density at radius 3 is 2.66 bits per heavy atom. The molecule has 3 N–H and O–H groups in total. The molecule has 3 aliphatic heterocycles. The van der Waals surface area contributed by atoms with Crippen LogP contribution in [0, 0.1) is 0 Å². The van der Waals surface area contributed by atoms with Gasteiger partial charge in [-0.05, 0) is 42.9 Å². The second kappa shape index (κ2) is 7.88. The summed E-state index contributed by atoms with van der Waals surface area (Å²) in [6.07, 6.45) is 4.84. The van der Waals surface area contributed by atoms with Gasteiger partial charge in [-0.25, -0.2) is 0 Å². The summed E-state index contributed by atoms with van der Waals surface area (Å²) in [5, 5.41) is 2.36.